The van der Waals surface area contributed by atoms with Crippen LogP contribution in [0.1, 0.15) is 11.5 Å². The van der Waals surface area contributed by atoms with Crippen molar-refractivity contribution < 1.29 is 0 Å². The van der Waals surface area contributed by atoms with E-state index in [2.05, 4.69) is 167 Å². The van der Waals surface area contributed by atoms with Crippen molar-refractivity contribution in [3.63, 3.8) is 0 Å². The first-order chi connectivity index (χ1) is 22.3. The second-order valence-corrected chi connectivity index (χ2v) is 13.2. The summed E-state index contributed by atoms with van der Waals surface area (Å²) in [5.74, 6) is 0.249. The normalized spacial score (nSPS) is 17.3. The SMILES string of the molecule is C1=CC2C(C=C1n1c3cc(-c4ccccc4)ccc3c3c4sc5ccccc5c4ccc31)c1ccccc1N2c1ccccc1. The number of nitrogens with zero attached hydrogens (tertiary/aromatic N) is 2. The summed E-state index contributed by atoms with van der Waals surface area (Å²) in [6, 6.07) is 51.2. The minimum absolute atomic E-state index is 0.232. The van der Waals surface area contributed by atoms with Crippen molar-refractivity contribution in [2.45, 2.75) is 12.0 Å². The van der Waals surface area contributed by atoms with Gasteiger partial charge in [0.1, 0.15) is 0 Å². The van der Waals surface area contributed by atoms with Gasteiger partial charge in [-0.15, -0.1) is 11.3 Å². The Hall–Kier alpha value is -5.38. The molecule has 1 aliphatic carbocycles. The number of anilines is 2. The highest BCUT2D eigenvalue weighted by atomic mass is 32.1. The van der Waals surface area contributed by atoms with Gasteiger partial charge < -0.3 is 9.47 Å². The molecule has 3 heteroatoms. The van der Waals surface area contributed by atoms with Crippen LogP contribution in [0.5, 0.6) is 0 Å². The first kappa shape index (κ1) is 25.0. The lowest BCUT2D eigenvalue weighted by molar-refractivity contribution is 0.743. The maximum Gasteiger partial charge on any atom is 0.0631 e. The Morgan fingerprint density at radius 1 is 0.578 bits per heavy atom. The van der Waals surface area contributed by atoms with E-state index in [0.29, 0.717) is 0 Å². The fourth-order valence-corrected chi connectivity index (χ4v) is 9.00. The fraction of sp³-hybridized carbons (Fsp3) is 0.0476. The summed E-state index contributed by atoms with van der Waals surface area (Å²) in [5, 5.41) is 5.32. The van der Waals surface area contributed by atoms with Gasteiger partial charge in [-0.1, -0.05) is 115 Å². The van der Waals surface area contributed by atoms with Gasteiger partial charge in [0.25, 0.3) is 0 Å². The number of benzene rings is 6. The second-order valence-electron chi connectivity index (χ2n) is 12.1. The summed E-state index contributed by atoms with van der Waals surface area (Å²) < 4.78 is 5.22. The minimum atomic E-state index is 0.232. The molecule has 0 saturated carbocycles. The van der Waals surface area contributed by atoms with E-state index < -0.39 is 0 Å². The topological polar surface area (TPSA) is 8.17 Å². The molecule has 3 heterocycles. The average Bonchev–Trinajstić information content (AvgIpc) is 3.76. The Kier molecular flexibility index (Phi) is 5.31. The van der Waals surface area contributed by atoms with E-state index in [1.807, 2.05) is 11.3 Å². The van der Waals surface area contributed by atoms with Crippen LogP contribution in [0.2, 0.25) is 0 Å². The lowest BCUT2D eigenvalue weighted by Gasteiger charge is -2.30. The molecule has 45 heavy (non-hydrogen) atoms. The van der Waals surface area contributed by atoms with E-state index in [1.54, 1.807) is 0 Å². The van der Waals surface area contributed by atoms with Crippen molar-refractivity contribution in [3.05, 3.63) is 163 Å². The zero-order valence-corrected chi connectivity index (χ0v) is 25.3. The first-order valence-corrected chi connectivity index (χ1v) is 16.4. The van der Waals surface area contributed by atoms with E-state index in [-0.39, 0.29) is 12.0 Å². The zero-order chi connectivity index (χ0) is 29.5. The lowest BCUT2D eigenvalue weighted by Crippen LogP contribution is -2.29. The Morgan fingerprint density at radius 2 is 1.33 bits per heavy atom. The molecular formula is C42H28N2S. The van der Waals surface area contributed by atoms with Crippen LogP contribution in [0, 0.1) is 0 Å². The van der Waals surface area contributed by atoms with Crippen molar-refractivity contribution in [2.24, 2.45) is 0 Å². The number of allylic oxidation sites excluding steroid dienone is 2. The Morgan fingerprint density at radius 3 is 2.22 bits per heavy atom. The molecule has 2 nitrogen and oxygen atoms in total. The molecule has 0 fully saturated rings. The number of thiophene rings is 1. The van der Waals surface area contributed by atoms with E-state index in [9.17, 15) is 0 Å². The maximum absolute atomic E-state index is 2.52. The van der Waals surface area contributed by atoms with Gasteiger partial charge >= 0.3 is 0 Å². The summed E-state index contributed by atoms with van der Waals surface area (Å²) in [4.78, 5) is 2.50. The number of fused-ring (bicyclic) bond motifs is 10. The number of hydrogen-bond acceptors (Lipinski definition) is 2. The molecule has 0 spiro atoms. The molecule has 0 amide bonds. The first-order valence-electron chi connectivity index (χ1n) is 15.6. The molecule has 0 saturated heterocycles. The molecule has 0 N–H and O–H groups in total. The second kappa shape index (κ2) is 9.56. The third-order valence-corrected chi connectivity index (χ3v) is 10.9. The highest BCUT2D eigenvalue weighted by Gasteiger charge is 2.38. The summed E-state index contributed by atoms with van der Waals surface area (Å²) in [6.45, 7) is 0. The fourth-order valence-electron chi connectivity index (χ4n) is 7.74. The van der Waals surface area contributed by atoms with Crippen molar-refractivity contribution in [2.75, 3.05) is 4.90 Å². The molecule has 1 aliphatic heterocycles. The molecule has 0 radical (unpaired) electrons. The predicted octanol–water partition coefficient (Wildman–Crippen LogP) is 11.5. The highest BCUT2D eigenvalue weighted by molar-refractivity contribution is 7.26. The summed E-state index contributed by atoms with van der Waals surface area (Å²) in [7, 11) is 0. The number of aromatic nitrogens is 1. The highest BCUT2D eigenvalue weighted by Crippen LogP contribution is 2.50. The molecule has 10 rings (SSSR count). The van der Waals surface area contributed by atoms with Gasteiger partial charge in [-0.25, -0.2) is 0 Å². The van der Waals surface area contributed by atoms with Crippen LogP contribution in [-0.2, 0) is 0 Å². The lowest BCUT2D eigenvalue weighted by atomic mass is 9.90. The molecular weight excluding hydrogens is 565 g/mol. The van der Waals surface area contributed by atoms with Crippen LogP contribution in [-0.4, -0.2) is 10.6 Å². The molecule has 212 valence electrons. The zero-order valence-electron chi connectivity index (χ0n) is 24.5. The molecule has 2 atom stereocenters. The van der Waals surface area contributed by atoms with Crippen molar-refractivity contribution in [3.8, 4) is 11.1 Å². The van der Waals surface area contributed by atoms with E-state index in [0.717, 1.165) is 0 Å². The number of hydrogen-bond donors (Lipinski definition) is 0. The third-order valence-electron chi connectivity index (χ3n) is 9.71. The molecule has 6 aromatic carbocycles. The molecule has 0 bridgehead atoms. The van der Waals surface area contributed by atoms with Gasteiger partial charge in [0.2, 0.25) is 0 Å². The van der Waals surface area contributed by atoms with Crippen molar-refractivity contribution in [1.82, 2.24) is 4.57 Å². The van der Waals surface area contributed by atoms with Gasteiger partial charge in [0.15, 0.2) is 0 Å². The number of rotatable bonds is 3. The summed E-state index contributed by atoms with van der Waals surface area (Å²) in [6.07, 6.45) is 7.28. The van der Waals surface area contributed by atoms with Gasteiger partial charge in [-0.3, -0.25) is 0 Å². The van der Waals surface area contributed by atoms with Gasteiger partial charge in [-0.05, 0) is 59.2 Å². The van der Waals surface area contributed by atoms with Gasteiger partial charge in [0, 0.05) is 53.9 Å². The van der Waals surface area contributed by atoms with E-state index in [4.69, 9.17) is 0 Å². The van der Waals surface area contributed by atoms with Crippen LogP contribution in [0.25, 0.3) is 58.8 Å². The van der Waals surface area contributed by atoms with Crippen molar-refractivity contribution in [1.29, 1.82) is 0 Å². The van der Waals surface area contributed by atoms with Crippen LogP contribution < -0.4 is 4.90 Å². The smallest absolute Gasteiger partial charge is 0.0631 e. The largest absolute Gasteiger partial charge is 0.333 e. The minimum Gasteiger partial charge on any atom is -0.333 e. The Labute approximate surface area is 265 Å². The molecule has 2 aromatic heterocycles. The predicted molar refractivity (Wildman–Crippen MR) is 193 cm³/mol. The monoisotopic (exact) mass is 592 g/mol. The maximum atomic E-state index is 2.52. The molecule has 2 aliphatic rings. The van der Waals surface area contributed by atoms with Crippen LogP contribution >= 0.6 is 11.3 Å². The quantitative estimate of drug-likeness (QED) is 0.198. The van der Waals surface area contributed by atoms with E-state index in [1.165, 1.54) is 75.7 Å². The summed E-state index contributed by atoms with van der Waals surface area (Å²) >= 11 is 1.91. The van der Waals surface area contributed by atoms with Gasteiger partial charge in [0.05, 0.1) is 17.1 Å². The number of para-hydroxylation sites is 2. The van der Waals surface area contributed by atoms with Crippen LogP contribution in [0.3, 0.4) is 0 Å². The van der Waals surface area contributed by atoms with E-state index >= 15 is 0 Å². The van der Waals surface area contributed by atoms with Crippen LogP contribution in [0.4, 0.5) is 11.4 Å². The Bertz CT molecular complexity index is 2500. The third kappa shape index (κ3) is 3.62. The Balaban J connectivity index is 1.24. The van der Waals surface area contributed by atoms with Gasteiger partial charge in [-0.2, -0.15) is 0 Å². The van der Waals surface area contributed by atoms with Crippen LogP contribution in [0.15, 0.2) is 158 Å². The molecule has 2 unspecified atom stereocenters. The van der Waals surface area contributed by atoms with Crippen molar-refractivity contribution >= 4 is 70.4 Å². The summed E-state index contributed by atoms with van der Waals surface area (Å²) in [5.41, 5.74) is 10.1. The molecule has 8 aromatic rings. The standard InChI is InChI=1S/C42H28N2S/c1-3-11-27(12-4-1)28-19-21-34-39(25-28)44(38-24-22-33-32-16-8-10-18-40(32)45-42(33)41(34)38)30-20-23-37-35(26-30)31-15-7-9-17-36(31)43(37)29-13-5-2-6-14-29/h1-26,35,37H. The average molecular weight is 593 g/mol.